The first-order valence-electron chi connectivity index (χ1n) is 4.27. The summed E-state index contributed by atoms with van der Waals surface area (Å²) in [6, 6.07) is 0. The third-order valence-electron chi connectivity index (χ3n) is 2.27. The van der Waals surface area contributed by atoms with Crippen LogP contribution >= 0.6 is 0 Å². The van der Waals surface area contributed by atoms with E-state index in [1.807, 2.05) is 7.05 Å². The number of imidazole rings is 1. The van der Waals surface area contributed by atoms with Gasteiger partial charge in [0.1, 0.15) is 5.69 Å². The zero-order chi connectivity index (χ0) is 8.55. The van der Waals surface area contributed by atoms with Gasteiger partial charge in [-0.1, -0.05) is 0 Å². The van der Waals surface area contributed by atoms with Crippen molar-refractivity contribution in [2.75, 3.05) is 0 Å². The van der Waals surface area contributed by atoms with E-state index in [0.717, 1.165) is 5.69 Å². The molecule has 0 amide bonds. The van der Waals surface area contributed by atoms with E-state index in [0.29, 0.717) is 12.3 Å². The molecule has 0 aliphatic heterocycles. The summed E-state index contributed by atoms with van der Waals surface area (Å²) >= 11 is 0. The maximum absolute atomic E-state index is 11.5. The lowest BCUT2D eigenvalue weighted by Gasteiger charge is -1.98. The topological polar surface area (TPSA) is 34.9 Å². The van der Waals surface area contributed by atoms with Crippen LogP contribution in [0.1, 0.15) is 29.8 Å². The fourth-order valence-electron chi connectivity index (χ4n) is 1.31. The van der Waals surface area contributed by atoms with E-state index in [-0.39, 0.29) is 5.78 Å². The molecule has 0 bridgehead atoms. The quantitative estimate of drug-likeness (QED) is 0.633. The standard InChI is InChI=1S/C9H12N2O/c1-11-6-10-5-8(11)9(12)4-7-2-3-7/h5-7H,2-4H2,1H3. The summed E-state index contributed by atoms with van der Waals surface area (Å²) in [4.78, 5) is 15.4. The molecule has 0 radical (unpaired) electrons. The zero-order valence-corrected chi connectivity index (χ0v) is 7.16. The van der Waals surface area contributed by atoms with Crippen LogP contribution < -0.4 is 0 Å². The van der Waals surface area contributed by atoms with Gasteiger partial charge in [0.25, 0.3) is 0 Å². The lowest BCUT2D eigenvalue weighted by atomic mass is 10.1. The van der Waals surface area contributed by atoms with Gasteiger partial charge in [0.05, 0.1) is 12.5 Å². The summed E-state index contributed by atoms with van der Waals surface area (Å²) in [7, 11) is 1.85. The van der Waals surface area contributed by atoms with Crippen molar-refractivity contribution < 1.29 is 4.79 Å². The fraction of sp³-hybridized carbons (Fsp3) is 0.556. The predicted octanol–water partition coefficient (Wildman–Crippen LogP) is 1.40. The van der Waals surface area contributed by atoms with Crippen LogP contribution in [0.3, 0.4) is 0 Å². The zero-order valence-electron chi connectivity index (χ0n) is 7.16. The molecule has 0 saturated heterocycles. The number of hydrogen-bond acceptors (Lipinski definition) is 2. The van der Waals surface area contributed by atoms with Crippen LogP contribution in [0.5, 0.6) is 0 Å². The van der Waals surface area contributed by atoms with Crippen LogP contribution in [-0.4, -0.2) is 15.3 Å². The largest absolute Gasteiger partial charge is 0.331 e. The van der Waals surface area contributed by atoms with Crippen LogP contribution in [0.2, 0.25) is 0 Å². The van der Waals surface area contributed by atoms with Crippen LogP contribution in [-0.2, 0) is 7.05 Å². The SMILES string of the molecule is Cn1cncc1C(=O)CC1CC1. The van der Waals surface area contributed by atoms with E-state index in [2.05, 4.69) is 4.98 Å². The molecule has 64 valence electrons. The maximum atomic E-state index is 11.5. The monoisotopic (exact) mass is 164 g/mol. The lowest BCUT2D eigenvalue weighted by molar-refractivity contribution is 0.0968. The third kappa shape index (κ3) is 1.40. The smallest absolute Gasteiger partial charge is 0.181 e. The number of carbonyl (C=O) groups excluding carboxylic acids is 1. The number of ketones is 1. The Hall–Kier alpha value is -1.12. The number of nitrogens with zero attached hydrogens (tertiary/aromatic N) is 2. The van der Waals surface area contributed by atoms with Gasteiger partial charge >= 0.3 is 0 Å². The van der Waals surface area contributed by atoms with E-state index in [4.69, 9.17) is 0 Å². The van der Waals surface area contributed by atoms with Gasteiger partial charge in [0.2, 0.25) is 0 Å². The van der Waals surface area contributed by atoms with Crippen molar-refractivity contribution in [2.24, 2.45) is 13.0 Å². The second kappa shape index (κ2) is 2.73. The maximum Gasteiger partial charge on any atom is 0.181 e. The Morgan fingerprint density at radius 2 is 2.50 bits per heavy atom. The lowest BCUT2D eigenvalue weighted by Crippen LogP contribution is -2.05. The molecule has 1 aromatic heterocycles. The van der Waals surface area contributed by atoms with Crippen molar-refractivity contribution in [3.8, 4) is 0 Å². The Labute approximate surface area is 71.4 Å². The second-order valence-corrected chi connectivity index (χ2v) is 3.46. The Kier molecular flexibility index (Phi) is 1.71. The number of carbonyl (C=O) groups is 1. The first kappa shape index (κ1) is 7.53. The fourth-order valence-corrected chi connectivity index (χ4v) is 1.31. The highest BCUT2D eigenvalue weighted by molar-refractivity contribution is 5.94. The van der Waals surface area contributed by atoms with Gasteiger partial charge < -0.3 is 4.57 Å². The highest BCUT2D eigenvalue weighted by atomic mass is 16.1. The van der Waals surface area contributed by atoms with Gasteiger partial charge in [-0.2, -0.15) is 0 Å². The molecular formula is C9H12N2O. The Morgan fingerprint density at radius 1 is 1.75 bits per heavy atom. The van der Waals surface area contributed by atoms with Crippen LogP contribution in [0.4, 0.5) is 0 Å². The molecule has 1 aromatic rings. The molecule has 12 heavy (non-hydrogen) atoms. The van der Waals surface area contributed by atoms with Gasteiger partial charge in [-0.25, -0.2) is 4.98 Å². The molecule has 1 fully saturated rings. The molecule has 0 unspecified atom stereocenters. The van der Waals surface area contributed by atoms with E-state index < -0.39 is 0 Å². The Balaban J connectivity index is 2.07. The number of hydrogen-bond donors (Lipinski definition) is 0. The highest BCUT2D eigenvalue weighted by Gasteiger charge is 2.25. The summed E-state index contributed by atoms with van der Waals surface area (Å²) in [6.45, 7) is 0. The van der Waals surface area contributed by atoms with Crippen LogP contribution in [0.25, 0.3) is 0 Å². The minimum Gasteiger partial charge on any atom is -0.331 e. The molecule has 0 aromatic carbocycles. The van der Waals surface area contributed by atoms with Gasteiger partial charge in [-0.3, -0.25) is 4.79 Å². The minimum absolute atomic E-state index is 0.234. The first-order valence-corrected chi connectivity index (χ1v) is 4.27. The summed E-state index contributed by atoms with van der Waals surface area (Å²) in [5.41, 5.74) is 0.738. The van der Waals surface area contributed by atoms with Crippen LogP contribution in [0, 0.1) is 5.92 Å². The Morgan fingerprint density at radius 3 is 3.00 bits per heavy atom. The third-order valence-corrected chi connectivity index (χ3v) is 2.27. The van der Waals surface area contributed by atoms with E-state index in [1.165, 1.54) is 12.8 Å². The van der Waals surface area contributed by atoms with Gasteiger partial charge in [0.15, 0.2) is 5.78 Å². The molecular weight excluding hydrogens is 152 g/mol. The van der Waals surface area contributed by atoms with Crippen molar-refractivity contribution in [2.45, 2.75) is 19.3 Å². The molecule has 1 saturated carbocycles. The van der Waals surface area contributed by atoms with Gasteiger partial charge in [-0.05, 0) is 18.8 Å². The van der Waals surface area contributed by atoms with E-state index >= 15 is 0 Å². The van der Waals surface area contributed by atoms with Crippen molar-refractivity contribution in [1.82, 2.24) is 9.55 Å². The van der Waals surface area contributed by atoms with Crippen molar-refractivity contribution in [1.29, 1.82) is 0 Å². The summed E-state index contributed by atoms with van der Waals surface area (Å²) in [5, 5.41) is 0. The number of rotatable bonds is 3. The normalized spacial score (nSPS) is 16.4. The molecule has 3 heteroatoms. The summed E-state index contributed by atoms with van der Waals surface area (Å²) in [5.74, 6) is 0.893. The average molecular weight is 164 g/mol. The highest BCUT2D eigenvalue weighted by Crippen LogP contribution is 2.33. The average Bonchev–Trinajstić information content (AvgIpc) is 2.72. The molecule has 3 nitrogen and oxygen atoms in total. The predicted molar refractivity (Wildman–Crippen MR) is 44.9 cm³/mol. The number of aromatic nitrogens is 2. The number of aryl methyl sites for hydroxylation is 1. The molecule has 0 N–H and O–H groups in total. The number of Topliss-reactive ketones (excluding diaryl/α,β-unsaturated/α-hetero) is 1. The molecule has 1 aliphatic rings. The van der Waals surface area contributed by atoms with Gasteiger partial charge in [-0.15, -0.1) is 0 Å². The molecule has 0 atom stereocenters. The molecule has 0 spiro atoms. The van der Waals surface area contributed by atoms with Crippen LogP contribution in [0.15, 0.2) is 12.5 Å². The van der Waals surface area contributed by atoms with E-state index in [1.54, 1.807) is 17.1 Å². The summed E-state index contributed by atoms with van der Waals surface area (Å²) in [6.07, 6.45) is 6.47. The molecule has 2 rings (SSSR count). The Bertz CT molecular complexity index is 299. The van der Waals surface area contributed by atoms with Crippen molar-refractivity contribution >= 4 is 5.78 Å². The second-order valence-electron chi connectivity index (χ2n) is 3.46. The minimum atomic E-state index is 0.234. The first-order chi connectivity index (χ1) is 5.77. The van der Waals surface area contributed by atoms with E-state index in [9.17, 15) is 4.79 Å². The summed E-state index contributed by atoms with van der Waals surface area (Å²) < 4.78 is 1.78. The molecule has 1 aliphatic carbocycles. The molecule has 1 heterocycles. The van der Waals surface area contributed by atoms with Crippen molar-refractivity contribution in [3.05, 3.63) is 18.2 Å². The van der Waals surface area contributed by atoms with Crippen molar-refractivity contribution in [3.63, 3.8) is 0 Å². The van der Waals surface area contributed by atoms with Gasteiger partial charge in [0, 0.05) is 13.5 Å².